The monoisotopic (exact) mass is 207 g/mol. The second-order valence-corrected chi connectivity index (χ2v) is 4.51. The van der Waals surface area contributed by atoms with Crippen molar-refractivity contribution < 1.29 is 0 Å². The fourth-order valence-electron chi connectivity index (χ4n) is 1.03. The molecule has 0 spiro atoms. The maximum atomic E-state index is 4.18. The van der Waals surface area contributed by atoms with E-state index < -0.39 is 0 Å². The first kappa shape index (κ1) is 12.7. The summed E-state index contributed by atoms with van der Waals surface area (Å²) in [6, 6.07) is 0. The van der Waals surface area contributed by atoms with Gasteiger partial charge in [-0.05, 0) is 38.4 Å². The lowest BCUT2D eigenvalue weighted by Gasteiger charge is -2.15. The minimum atomic E-state index is 1.04. The van der Waals surface area contributed by atoms with E-state index in [0.29, 0.717) is 0 Å². The van der Waals surface area contributed by atoms with E-state index in [-0.39, 0.29) is 0 Å². The molecule has 0 aromatic heterocycles. The topological polar surface area (TPSA) is 3.24 Å². The standard InChI is InChI=1S/C9H21NS2/c1-10(7-9-12-2)6-4-3-5-8-11/h11H,3-9H2,1-2H3. The van der Waals surface area contributed by atoms with Crippen LogP contribution in [0.4, 0.5) is 0 Å². The van der Waals surface area contributed by atoms with Gasteiger partial charge >= 0.3 is 0 Å². The van der Waals surface area contributed by atoms with Crippen molar-refractivity contribution in [2.75, 3.05) is 37.9 Å². The number of thioether (sulfide) groups is 1. The van der Waals surface area contributed by atoms with E-state index in [1.807, 2.05) is 11.8 Å². The number of rotatable bonds is 8. The van der Waals surface area contributed by atoms with Crippen molar-refractivity contribution >= 4 is 24.4 Å². The SMILES string of the molecule is CSCCN(C)CCCCCS. The van der Waals surface area contributed by atoms with E-state index in [0.717, 1.165) is 5.75 Å². The Balaban J connectivity index is 3.02. The number of thiol groups is 1. The zero-order valence-corrected chi connectivity index (χ0v) is 9.96. The van der Waals surface area contributed by atoms with Crippen molar-refractivity contribution in [2.45, 2.75) is 19.3 Å². The van der Waals surface area contributed by atoms with Gasteiger partial charge in [0.15, 0.2) is 0 Å². The van der Waals surface area contributed by atoms with Gasteiger partial charge < -0.3 is 4.90 Å². The summed E-state index contributed by atoms with van der Waals surface area (Å²) >= 11 is 6.10. The lowest BCUT2D eigenvalue weighted by molar-refractivity contribution is 0.345. The fourth-order valence-corrected chi connectivity index (χ4v) is 1.75. The zero-order chi connectivity index (χ0) is 9.23. The minimum Gasteiger partial charge on any atom is -0.306 e. The van der Waals surface area contributed by atoms with Crippen LogP contribution in [0.1, 0.15) is 19.3 Å². The fraction of sp³-hybridized carbons (Fsp3) is 1.00. The van der Waals surface area contributed by atoms with Crippen molar-refractivity contribution in [3.63, 3.8) is 0 Å². The van der Waals surface area contributed by atoms with Crippen LogP contribution in [0.2, 0.25) is 0 Å². The summed E-state index contributed by atoms with van der Waals surface area (Å²) in [6.45, 7) is 2.47. The van der Waals surface area contributed by atoms with Crippen molar-refractivity contribution in [2.24, 2.45) is 0 Å². The average molecular weight is 207 g/mol. The molecule has 0 radical (unpaired) electrons. The third-order valence-corrected chi connectivity index (χ3v) is 2.78. The van der Waals surface area contributed by atoms with Crippen molar-refractivity contribution in [1.82, 2.24) is 4.90 Å². The van der Waals surface area contributed by atoms with Gasteiger partial charge in [0.2, 0.25) is 0 Å². The predicted molar refractivity (Wildman–Crippen MR) is 63.6 cm³/mol. The van der Waals surface area contributed by atoms with Crippen LogP contribution in [-0.2, 0) is 0 Å². The quantitative estimate of drug-likeness (QED) is 0.481. The molecule has 0 rings (SSSR count). The highest BCUT2D eigenvalue weighted by atomic mass is 32.2. The molecule has 0 atom stereocenters. The van der Waals surface area contributed by atoms with Crippen LogP contribution >= 0.6 is 24.4 Å². The number of unbranched alkanes of at least 4 members (excludes halogenated alkanes) is 2. The van der Waals surface area contributed by atoms with Crippen molar-refractivity contribution in [3.05, 3.63) is 0 Å². The van der Waals surface area contributed by atoms with Gasteiger partial charge in [0.1, 0.15) is 0 Å². The molecule has 0 bridgehead atoms. The molecule has 1 nitrogen and oxygen atoms in total. The summed E-state index contributed by atoms with van der Waals surface area (Å²) in [4.78, 5) is 2.41. The summed E-state index contributed by atoms with van der Waals surface area (Å²) in [5.41, 5.74) is 0. The Morgan fingerprint density at radius 3 is 2.50 bits per heavy atom. The molecule has 12 heavy (non-hydrogen) atoms. The van der Waals surface area contributed by atoms with Crippen LogP contribution < -0.4 is 0 Å². The number of nitrogens with zero attached hydrogens (tertiary/aromatic N) is 1. The molecule has 0 N–H and O–H groups in total. The molecule has 0 saturated heterocycles. The van der Waals surface area contributed by atoms with Crippen molar-refractivity contribution in [1.29, 1.82) is 0 Å². The van der Waals surface area contributed by atoms with Crippen molar-refractivity contribution in [3.8, 4) is 0 Å². The van der Waals surface area contributed by atoms with Crippen LogP contribution in [0.25, 0.3) is 0 Å². The number of hydrogen-bond donors (Lipinski definition) is 1. The van der Waals surface area contributed by atoms with Gasteiger partial charge in [-0.2, -0.15) is 24.4 Å². The Labute approximate surface area is 86.7 Å². The van der Waals surface area contributed by atoms with Gasteiger partial charge in [-0.25, -0.2) is 0 Å². The molecule has 0 amide bonds. The molecule has 0 aromatic carbocycles. The maximum Gasteiger partial charge on any atom is 0.00692 e. The van der Waals surface area contributed by atoms with Gasteiger partial charge in [-0.1, -0.05) is 6.42 Å². The van der Waals surface area contributed by atoms with Gasteiger partial charge in [-0.3, -0.25) is 0 Å². The maximum absolute atomic E-state index is 4.18. The first-order valence-electron chi connectivity index (χ1n) is 4.59. The highest BCUT2D eigenvalue weighted by Gasteiger charge is 1.96. The molecule has 3 heteroatoms. The minimum absolute atomic E-state index is 1.04. The van der Waals surface area contributed by atoms with Gasteiger partial charge in [-0.15, -0.1) is 0 Å². The van der Waals surface area contributed by atoms with Gasteiger partial charge in [0.05, 0.1) is 0 Å². The largest absolute Gasteiger partial charge is 0.306 e. The molecule has 0 aromatic rings. The van der Waals surface area contributed by atoms with E-state index in [2.05, 4.69) is 30.8 Å². The van der Waals surface area contributed by atoms with Crippen LogP contribution in [0.5, 0.6) is 0 Å². The Morgan fingerprint density at radius 2 is 1.92 bits per heavy atom. The first-order valence-corrected chi connectivity index (χ1v) is 6.62. The Hall–Kier alpha value is 0.660. The normalized spacial score (nSPS) is 11.0. The van der Waals surface area contributed by atoms with E-state index in [4.69, 9.17) is 0 Å². The molecule has 0 unspecified atom stereocenters. The lowest BCUT2D eigenvalue weighted by Crippen LogP contribution is -2.22. The first-order chi connectivity index (χ1) is 5.81. The highest BCUT2D eigenvalue weighted by molar-refractivity contribution is 7.98. The molecule has 0 aliphatic heterocycles. The molecular formula is C9H21NS2. The molecule has 0 saturated carbocycles. The Bertz CT molecular complexity index is 88.6. The third kappa shape index (κ3) is 8.75. The lowest BCUT2D eigenvalue weighted by atomic mass is 10.2. The third-order valence-electron chi connectivity index (χ3n) is 1.88. The summed E-state index contributed by atoms with van der Waals surface area (Å²) in [5, 5.41) is 0. The Kier molecular flexibility index (Phi) is 10.3. The molecule has 0 aliphatic rings. The Morgan fingerprint density at radius 1 is 1.17 bits per heavy atom. The predicted octanol–water partition coefficient (Wildman–Crippen LogP) is 2.38. The van der Waals surface area contributed by atoms with E-state index in [9.17, 15) is 0 Å². The number of hydrogen-bond acceptors (Lipinski definition) is 3. The van der Waals surface area contributed by atoms with Crippen LogP contribution in [0, 0.1) is 0 Å². The second kappa shape index (κ2) is 9.75. The van der Waals surface area contributed by atoms with Crippen LogP contribution in [0.15, 0.2) is 0 Å². The average Bonchev–Trinajstić information content (AvgIpc) is 2.09. The van der Waals surface area contributed by atoms with Crippen LogP contribution in [0.3, 0.4) is 0 Å². The molecular weight excluding hydrogens is 186 g/mol. The molecule has 74 valence electrons. The molecule has 0 heterocycles. The zero-order valence-electron chi connectivity index (χ0n) is 8.25. The highest BCUT2D eigenvalue weighted by Crippen LogP contribution is 1.99. The molecule has 0 aliphatic carbocycles. The summed E-state index contributed by atoms with van der Waals surface area (Å²) in [5.74, 6) is 2.29. The smallest absolute Gasteiger partial charge is 0.00692 e. The van der Waals surface area contributed by atoms with E-state index in [1.165, 1.54) is 38.1 Å². The van der Waals surface area contributed by atoms with Gasteiger partial charge in [0.25, 0.3) is 0 Å². The van der Waals surface area contributed by atoms with Crippen LogP contribution in [-0.4, -0.2) is 42.8 Å². The van der Waals surface area contributed by atoms with E-state index in [1.54, 1.807) is 0 Å². The van der Waals surface area contributed by atoms with Gasteiger partial charge in [0, 0.05) is 12.3 Å². The summed E-state index contributed by atoms with van der Waals surface area (Å²) in [7, 11) is 2.21. The molecule has 0 fully saturated rings. The summed E-state index contributed by atoms with van der Waals surface area (Å²) in [6.07, 6.45) is 6.08. The second-order valence-electron chi connectivity index (χ2n) is 3.08. The summed E-state index contributed by atoms with van der Waals surface area (Å²) < 4.78 is 0. The van der Waals surface area contributed by atoms with E-state index >= 15 is 0 Å².